The van der Waals surface area contributed by atoms with E-state index in [1.165, 1.54) is 225 Å². The summed E-state index contributed by atoms with van der Waals surface area (Å²) in [7, 11) is 1.50. The van der Waals surface area contributed by atoms with Gasteiger partial charge in [0, 0.05) is 12.8 Å². The summed E-state index contributed by atoms with van der Waals surface area (Å²) in [6.07, 6.45) is 68.5. The van der Waals surface area contributed by atoms with Gasteiger partial charge in [0.05, 0.1) is 33.8 Å². The Morgan fingerprint density at radius 3 is 1.12 bits per heavy atom. The molecule has 0 aliphatic heterocycles. The molecule has 3 atom stereocenters. The van der Waals surface area contributed by atoms with Crippen LogP contribution in [0.4, 0.5) is 0 Å². The number of nitrogens with zero attached hydrogens (tertiary/aromatic N) is 1. The number of hydrogen-bond acceptors (Lipinski definition) is 6. The largest absolute Gasteiger partial charge is 0.472 e. The lowest BCUT2D eigenvalue weighted by atomic mass is 10.0. The van der Waals surface area contributed by atoms with E-state index < -0.39 is 20.0 Å². The summed E-state index contributed by atoms with van der Waals surface area (Å²) in [5, 5.41) is 3.06. The minimum absolute atomic E-state index is 0.0412. The maximum absolute atomic E-state index is 13.6. The van der Waals surface area contributed by atoms with Gasteiger partial charge in [-0.15, -0.1) is 0 Å². The van der Waals surface area contributed by atoms with Crippen LogP contribution in [-0.4, -0.2) is 74.3 Å². The monoisotopic (exact) mass is 1090 g/mol. The molecule has 0 radical (unpaired) electrons. The molecule has 0 aromatic rings. The van der Waals surface area contributed by atoms with Crippen LogP contribution in [0.15, 0.2) is 36.5 Å². The Labute approximate surface area is 472 Å². The summed E-state index contributed by atoms with van der Waals surface area (Å²) < 4.78 is 30.7. The molecule has 0 saturated carbocycles. The van der Waals surface area contributed by atoms with Crippen LogP contribution in [0.25, 0.3) is 0 Å². The summed E-state index contributed by atoms with van der Waals surface area (Å²) in [6, 6.07) is -0.848. The molecule has 0 bridgehead atoms. The predicted molar refractivity (Wildman–Crippen MR) is 328 cm³/mol. The first kappa shape index (κ1) is 74.2. The van der Waals surface area contributed by atoms with Crippen LogP contribution in [-0.2, 0) is 27.9 Å². The second-order valence-electron chi connectivity index (χ2n) is 23.6. The van der Waals surface area contributed by atoms with E-state index in [-0.39, 0.29) is 25.1 Å². The highest BCUT2D eigenvalue weighted by Gasteiger charge is 2.30. The normalized spacial score (nSPS) is 13.8. The Morgan fingerprint density at radius 2 is 0.763 bits per heavy atom. The standard InChI is InChI=1S/C66H127N2O7P/c1-7-10-13-16-19-22-25-28-30-32-33-34-35-37-39-41-44-47-50-53-56-59-66(70)75-64(57-54-51-48-45-42-27-24-21-18-15-12-9-3)63(62-74-76(71,72)73-61-60-68(4,5)6)67-65(69)58-55-52-49-46-43-40-38-36-31-29-26-23-20-17-14-11-8-2/h28-31,54,57,63-64H,7-27,32-53,55-56,58-62H2,1-6H3,(H-,67,69,71,72)/p+1/b30-28+,31-29+,57-54+. The molecule has 0 fully saturated rings. The van der Waals surface area contributed by atoms with Crippen molar-refractivity contribution in [3.8, 4) is 0 Å². The highest BCUT2D eigenvalue weighted by molar-refractivity contribution is 7.47. The first-order valence-corrected chi connectivity index (χ1v) is 34.3. The number of nitrogens with one attached hydrogen (secondary N) is 1. The van der Waals surface area contributed by atoms with Crippen LogP contribution in [0.2, 0.25) is 0 Å². The van der Waals surface area contributed by atoms with Crippen molar-refractivity contribution in [1.29, 1.82) is 0 Å². The fraction of sp³-hybridized carbons (Fsp3) is 0.879. The van der Waals surface area contributed by atoms with E-state index >= 15 is 0 Å². The van der Waals surface area contributed by atoms with Crippen molar-refractivity contribution in [2.75, 3.05) is 40.9 Å². The Morgan fingerprint density at radius 1 is 0.447 bits per heavy atom. The van der Waals surface area contributed by atoms with Crippen LogP contribution in [0.1, 0.15) is 323 Å². The lowest BCUT2D eigenvalue weighted by molar-refractivity contribution is -0.870. The molecule has 0 saturated heterocycles. The van der Waals surface area contributed by atoms with Crippen molar-refractivity contribution in [2.24, 2.45) is 0 Å². The molecule has 0 spiro atoms. The van der Waals surface area contributed by atoms with E-state index in [4.69, 9.17) is 13.8 Å². The van der Waals surface area contributed by atoms with Crippen molar-refractivity contribution in [3.63, 3.8) is 0 Å². The molecule has 76 heavy (non-hydrogen) atoms. The summed E-state index contributed by atoms with van der Waals surface area (Å²) in [5.41, 5.74) is 0. The molecule has 0 heterocycles. The molecule has 0 aliphatic carbocycles. The maximum Gasteiger partial charge on any atom is 0.472 e. The molecule has 1 amide bonds. The van der Waals surface area contributed by atoms with Crippen molar-refractivity contribution in [2.45, 2.75) is 335 Å². The van der Waals surface area contributed by atoms with Gasteiger partial charge in [-0.05, 0) is 83.1 Å². The van der Waals surface area contributed by atoms with Gasteiger partial charge >= 0.3 is 13.8 Å². The van der Waals surface area contributed by atoms with Crippen LogP contribution in [0.3, 0.4) is 0 Å². The third kappa shape index (κ3) is 56.9. The van der Waals surface area contributed by atoms with Gasteiger partial charge in [-0.1, -0.05) is 263 Å². The third-order valence-corrected chi connectivity index (χ3v) is 15.8. The smallest absolute Gasteiger partial charge is 0.456 e. The zero-order valence-electron chi connectivity index (χ0n) is 51.3. The van der Waals surface area contributed by atoms with E-state index in [0.717, 1.165) is 64.2 Å². The summed E-state index contributed by atoms with van der Waals surface area (Å²) in [5.74, 6) is -0.498. The fourth-order valence-electron chi connectivity index (χ4n) is 9.70. The minimum atomic E-state index is -4.45. The van der Waals surface area contributed by atoms with Crippen LogP contribution in [0, 0.1) is 0 Å². The number of amides is 1. The summed E-state index contributed by atoms with van der Waals surface area (Å²) in [4.78, 5) is 37.8. The Kier molecular flexibility index (Phi) is 55.2. The number of esters is 1. The SMILES string of the molecule is CCCCCCCC/C=C/CCCCCCCCCCCCCC(=O)OC(/C=C/CCCCCCCCCCCC)C(COP(=O)(O)OCC[N+](C)(C)C)NC(=O)CCCCCCCCC/C=C/CCCCCCCC. The van der Waals surface area contributed by atoms with Gasteiger partial charge in [0.15, 0.2) is 0 Å². The van der Waals surface area contributed by atoms with Crippen LogP contribution >= 0.6 is 7.82 Å². The highest BCUT2D eigenvalue weighted by atomic mass is 31.2. The van der Waals surface area contributed by atoms with Crippen molar-refractivity contribution >= 4 is 19.7 Å². The van der Waals surface area contributed by atoms with Gasteiger partial charge in [0.1, 0.15) is 19.3 Å². The molecule has 448 valence electrons. The van der Waals surface area contributed by atoms with Crippen molar-refractivity contribution in [3.05, 3.63) is 36.5 Å². The predicted octanol–water partition coefficient (Wildman–Crippen LogP) is 20.3. The van der Waals surface area contributed by atoms with Crippen LogP contribution in [0.5, 0.6) is 0 Å². The zero-order valence-corrected chi connectivity index (χ0v) is 52.2. The van der Waals surface area contributed by atoms with E-state index in [1.807, 2.05) is 33.3 Å². The second kappa shape index (κ2) is 56.5. The van der Waals surface area contributed by atoms with Gasteiger partial charge in [-0.25, -0.2) is 4.57 Å². The number of rotatable bonds is 60. The second-order valence-corrected chi connectivity index (χ2v) is 25.1. The number of hydrogen-bond donors (Lipinski definition) is 2. The topological polar surface area (TPSA) is 111 Å². The first-order chi connectivity index (χ1) is 36.9. The summed E-state index contributed by atoms with van der Waals surface area (Å²) in [6.45, 7) is 7.04. The quantitative estimate of drug-likeness (QED) is 0.0205. The van der Waals surface area contributed by atoms with Gasteiger partial charge in [-0.3, -0.25) is 18.6 Å². The van der Waals surface area contributed by atoms with Gasteiger partial charge in [0.2, 0.25) is 5.91 Å². The Bertz CT molecular complexity index is 1400. The molecule has 2 N–H and O–H groups in total. The number of phosphoric ester groups is 1. The molecule has 10 heteroatoms. The number of carbonyl (C=O) groups excluding carboxylic acids is 2. The molecule has 0 aliphatic rings. The number of quaternary nitrogens is 1. The van der Waals surface area contributed by atoms with Crippen molar-refractivity contribution < 1.29 is 37.3 Å². The number of ether oxygens (including phenoxy) is 1. The first-order valence-electron chi connectivity index (χ1n) is 32.8. The van der Waals surface area contributed by atoms with E-state index in [1.54, 1.807) is 0 Å². The average Bonchev–Trinajstić information content (AvgIpc) is 3.38. The highest BCUT2D eigenvalue weighted by Crippen LogP contribution is 2.43. The van der Waals surface area contributed by atoms with E-state index in [0.29, 0.717) is 23.9 Å². The molecule has 9 nitrogen and oxygen atoms in total. The lowest BCUT2D eigenvalue weighted by Crippen LogP contribution is -2.47. The van der Waals surface area contributed by atoms with Crippen molar-refractivity contribution in [1.82, 2.24) is 5.32 Å². The van der Waals surface area contributed by atoms with E-state index in [2.05, 4.69) is 50.4 Å². The number of carbonyl (C=O) groups is 2. The van der Waals surface area contributed by atoms with Gasteiger partial charge < -0.3 is 19.4 Å². The lowest BCUT2D eigenvalue weighted by Gasteiger charge is -2.27. The number of allylic oxidation sites excluding steroid dienone is 5. The molecule has 0 aromatic heterocycles. The maximum atomic E-state index is 13.6. The van der Waals surface area contributed by atoms with E-state index in [9.17, 15) is 19.0 Å². The number of unbranched alkanes of at least 4 members (excludes halogenated alkanes) is 40. The zero-order chi connectivity index (χ0) is 55.7. The fourth-order valence-corrected chi connectivity index (χ4v) is 10.4. The molecule has 3 unspecified atom stereocenters. The van der Waals surface area contributed by atoms with Gasteiger partial charge in [-0.2, -0.15) is 0 Å². The molecule has 0 rings (SSSR count). The minimum Gasteiger partial charge on any atom is -0.456 e. The summed E-state index contributed by atoms with van der Waals surface area (Å²) >= 11 is 0. The Hall–Kier alpha value is -1.77. The number of likely N-dealkylation sites (N-methyl/N-ethyl adjacent to an activating group) is 1. The molecular formula is C66H128N2O7P+. The molecule has 0 aromatic carbocycles. The van der Waals surface area contributed by atoms with Crippen LogP contribution < -0.4 is 5.32 Å². The molecular weight excluding hydrogens is 964 g/mol. The average molecular weight is 1090 g/mol. The number of phosphoric acid groups is 1. The Balaban J connectivity index is 5.17. The third-order valence-electron chi connectivity index (χ3n) is 14.8. The van der Waals surface area contributed by atoms with Gasteiger partial charge in [0.25, 0.3) is 0 Å².